The molecule has 2 atom stereocenters. The van der Waals surface area contributed by atoms with Gasteiger partial charge in [0, 0.05) is 81.7 Å². The van der Waals surface area contributed by atoms with Crippen molar-refractivity contribution in [3.05, 3.63) is 76.2 Å². The van der Waals surface area contributed by atoms with Crippen molar-refractivity contribution in [1.29, 1.82) is 0 Å². The number of anilines is 2. The van der Waals surface area contributed by atoms with Crippen LogP contribution in [0.2, 0.25) is 0 Å². The number of fused-ring (bicyclic) bond motifs is 4. The number of hydrogen-bond donors (Lipinski definition) is 1. The lowest BCUT2D eigenvalue weighted by Gasteiger charge is -2.43. The molecule has 0 amide bonds. The van der Waals surface area contributed by atoms with E-state index in [1.807, 2.05) is 37.0 Å². The van der Waals surface area contributed by atoms with Crippen molar-refractivity contribution in [3.63, 3.8) is 0 Å². The molecule has 32 heavy (non-hydrogen) atoms. The van der Waals surface area contributed by atoms with Crippen LogP contribution < -0.4 is 15.8 Å². The fourth-order valence-electron chi connectivity index (χ4n) is 5.17. The highest BCUT2D eigenvalue weighted by Crippen LogP contribution is 2.37. The van der Waals surface area contributed by atoms with Gasteiger partial charge in [-0.1, -0.05) is 12.1 Å². The Morgan fingerprint density at radius 2 is 1.97 bits per heavy atom. The molecular weight excluding hydrogens is 402 g/mol. The van der Waals surface area contributed by atoms with Crippen LogP contribution >= 0.6 is 0 Å². The average molecular weight is 432 g/mol. The van der Waals surface area contributed by atoms with E-state index in [1.165, 1.54) is 0 Å². The second kappa shape index (κ2) is 8.70. The molecule has 8 heteroatoms. The highest BCUT2D eigenvalue weighted by molar-refractivity contribution is 5.60. The summed E-state index contributed by atoms with van der Waals surface area (Å²) in [7, 11) is 3.92. The third-order valence-corrected chi connectivity index (χ3v) is 6.51. The first kappa shape index (κ1) is 20.6. The molecule has 1 N–H and O–H groups in total. The molecule has 3 aromatic heterocycles. The molecule has 2 bridgehead atoms. The maximum Gasteiger partial charge on any atom is 0.255 e. The maximum atomic E-state index is 13.4. The number of rotatable bonds is 6. The van der Waals surface area contributed by atoms with Gasteiger partial charge in [0.15, 0.2) is 11.6 Å². The van der Waals surface area contributed by atoms with E-state index in [-0.39, 0.29) is 5.56 Å². The van der Waals surface area contributed by atoms with Gasteiger partial charge in [-0.05, 0) is 37.1 Å². The Kier molecular flexibility index (Phi) is 5.61. The van der Waals surface area contributed by atoms with Gasteiger partial charge in [0.2, 0.25) is 0 Å². The summed E-state index contributed by atoms with van der Waals surface area (Å²) in [5.41, 5.74) is 3.29. The van der Waals surface area contributed by atoms with Gasteiger partial charge in [0.25, 0.3) is 5.56 Å². The van der Waals surface area contributed by atoms with Crippen molar-refractivity contribution in [2.45, 2.75) is 32.0 Å². The molecule has 166 valence electrons. The second-order valence-electron chi connectivity index (χ2n) is 8.91. The summed E-state index contributed by atoms with van der Waals surface area (Å²) in [6.45, 7) is 3.89. The summed E-state index contributed by atoms with van der Waals surface area (Å²) >= 11 is 0. The van der Waals surface area contributed by atoms with Gasteiger partial charge in [0.1, 0.15) is 0 Å². The lowest BCUT2D eigenvalue weighted by Crippen LogP contribution is -2.48. The van der Waals surface area contributed by atoms with E-state index in [9.17, 15) is 4.79 Å². The molecule has 1 saturated heterocycles. The molecule has 1 fully saturated rings. The van der Waals surface area contributed by atoms with E-state index in [0.29, 0.717) is 18.4 Å². The van der Waals surface area contributed by atoms with Gasteiger partial charge in [-0.25, -0.2) is 9.97 Å². The monoisotopic (exact) mass is 431 g/mol. The third-order valence-electron chi connectivity index (χ3n) is 6.51. The van der Waals surface area contributed by atoms with Crippen molar-refractivity contribution in [2.75, 3.05) is 37.4 Å². The topological polar surface area (TPSA) is 79.2 Å². The summed E-state index contributed by atoms with van der Waals surface area (Å²) in [6, 6.07) is 8.19. The quantitative estimate of drug-likeness (QED) is 0.642. The first-order chi connectivity index (χ1) is 15.6. The van der Waals surface area contributed by atoms with Gasteiger partial charge in [-0.2, -0.15) is 0 Å². The maximum absolute atomic E-state index is 13.4. The Morgan fingerprint density at radius 1 is 1.09 bits per heavy atom. The van der Waals surface area contributed by atoms with Gasteiger partial charge in [-0.15, -0.1) is 0 Å². The first-order valence-electron chi connectivity index (χ1n) is 11.2. The smallest absolute Gasteiger partial charge is 0.255 e. The highest BCUT2D eigenvalue weighted by atomic mass is 16.1. The van der Waals surface area contributed by atoms with Crippen molar-refractivity contribution in [2.24, 2.45) is 5.92 Å². The molecular formula is C24H29N7O. The molecule has 0 saturated carbocycles. The van der Waals surface area contributed by atoms with E-state index < -0.39 is 0 Å². The van der Waals surface area contributed by atoms with Crippen LogP contribution in [0.3, 0.4) is 0 Å². The van der Waals surface area contributed by atoms with E-state index in [4.69, 9.17) is 0 Å². The molecule has 0 unspecified atom stereocenters. The largest absolute Gasteiger partial charge is 0.370 e. The Hall–Kier alpha value is -3.26. The Labute approximate surface area is 188 Å². The Bertz CT molecular complexity index is 1150. The van der Waals surface area contributed by atoms with Crippen LogP contribution in [0.4, 0.5) is 11.6 Å². The number of aromatic nitrogens is 4. The van der Waals surface area contributed by atoms with Crippen LogP contribution in [-0.2, 0) is 19.6 Å². The molecule has 0 aliphatic carbocycles. The zero-order valence-electron chi connectivity index (χ0n) is 18.6. The van der Waals surface area contributed by atoms with Gasteiger partial charge in [0.05, 0.1) is 0 Å². The predicted octanol–water partition coefficient (Wildman–Crippen LogP) is 2.33. The van der Waals surface area contributed by atoms with Crippen LogP contribution in [-0.4, -0.2) is 51.6 Å². The van der Waals surface area contributed by atoms with Crippen LogP contribution in [0.5, 0.6) is 0 Å². The summed E-state index contributed by atoms with van der Waals surface area (Å²) in [5.74, 6) is 2.45. The van der Waals surface area contributed by atoms with Crippen molar-refractivity contribution in [1.82, 2.24) is 24.4 Å². The fourth-order valence-corrected chi connectivity index (χ4v) is 5.17. The van der Waals surface area contributed by atoms with Gasteiger partial charge < -0.3 is 14.8 Å². The first-order valence-corrected chi connectivity index (χ1v) is 11.2. The van der Waals surface area contributed by atoms with Crippen LogP contribution in [0, 0.1) is 5.92 Å². The van der Waals surface area contributed by atoms with Crippen molar-refractivity contribution in [3.8, 4) is 0 Å². The summed E-state index contributed by atoms with van der Waals surface area (Å²) in [5, 5.41) is 3.15. The highest BCUT2D eigenvalue weighted by Gasteiger charge is 2.36. The lowest BCUT2D eigenvalue weighted by molar-refractivity contribution is 0.276. The molecule has 8 nitrogen and oxygen atoms in total. The summed E-state index contributed by atoms with van der Waals surface area (Å²) in [6.07, 6.45) is 8.22. The van der Waals surface area contributed by atoms with E-state index >= 15 is 0 Å². The SMILES string of the molecule is CNc1nccnc1N1C[C@@H]2C[C@H](C1)c1ccc(CN(C)Cc3cccnc3)c(=O)n1C2. The molecule has 2 aliphatic heterocycles. The fraction of sp³-hybridized carbons (Fsp3) is 0.417. The molecule has 2 aliphatic rings. The zero-order chi connectivity index (χ0) is 22.1. The minimum atomic E-state index is 0.152. The molecule has 3 aromatic rings. The van der Waals surface area contributed by atoms with E-state index in [1.54, 1.807) is 18.6 Å². The summed E-state index contributed by atoms with van der Waals surface area (Å²) < 4.78 is 2.03. The number of nitrogens with one attached hydrogen (secondary N) is 1. The normalized spacial score (nSPS) is 19.7. The number of nitrogens with zero attached hydrogens (tertiary/aromatic N) is 6. The Morgan fingerprint density at radius 3 is 2.78 bits per heavy atom. The number of pyridine rings is 2. The minimum absolute atomic E-state index is 0.152. The van der Waals surface area contributed by atoms with Crippen LogP contribution in [0.25, 0.3) is 0 Å². The molecule has 0 radical (unpaired) electrons. The second-order valence-corrected chi connectivity index (χ2v) is 8.91. The lowest BCUT2D eigenvalue weighted by atomic mass is 9.83. The molecule has 0 spiro atoms. The van der Waals surface area contributed by atoms with Crippen molar-refractivity contribution < 1.29 is 0 Å². The minimum Gasteiger partial charge on any atom is -0.370 e. The summed E-state index contributed by atoms with van der Waals surface area (Å²) in [4.78, 5) is 31.0. The third kappa shape index (κ3) is 3.98. The van der Waals surface area contributed by atoms with Gasteiger partial charge in [-0.3, -0.25) is 14.7 Å². The number of hydrogen-bond acceptors (Lipinski definition) is 7. The average Bonchev–Trinajstić information content (AvgIpc) is 2.81. The van der Waals surface area contributed by atoms with Crippen LogP contribution in [0.1, 0.15) is 29.2 Å². The zero-order valence-corrected chi connectivity index (χ0v) is 18.6. The number of piperidine rings is 1. The molecule has 0 aromatic carbocycles. The standard InChI is InChI=1S/C24H29N7O/c1-25-22-23(28-9-8-27-22)30-13-18-10-20(16-30)21-6-5-19(24(32)31(21)14-18)15-29(2)12-17-4-3-7-26-11-17/h3-9,11,18,20H,10,12-16H2,1-2H3,(H,25,27)/t18-,20+/m0/s1. The predicted molar refractivity (Wildman–Crippen MR) is 125 cm³/mol. The molecule has 5 heterocycles. The molecule has 5 rings (SSSR count). The Balaban J connectivity index is 1.36. The van der Waals surface area contributed by atoms with E-state index in [0.717, 1.165) is 61.1 Å². The van der Waals surface area contributed by atoms with E-state index in [2.05, 4.69) is 42.2 Å². The van der Waals surface area contributed by atoms with Gasteiger partial charge >= 0.3 is 0 Å². The van der Waals surface area contributed by atoms with Crippen LogP contribution in [0.15, 0.2) is 53.8 Å². The van der Waals surface area contributed by atoms with Crippen molar-refractivity contribution >= 4 is 11.6 Å².